The zero-order valence-electron chi connectivity index (χ0n) is 14.9. The number of rotatable bonds is 2. The third-order valence-corrected chi connectivity index (χ3v) is 4.98. The number of fused-ring (bicyclic) bond motifs is 4. The highest BCUT2D eigenvalue weighted by Crippen LogP contribution is 2.45. The Morgan fingerprint density at radius 2 is 1.69 bits per heavy atom. The largest absolute Gasteiger partial charge is 0.436 e. The topological polar surface area (TPSA) is 58.3 Å². The lowest BCUT2D eigenvalue weighted by Gasteiger charge is -2.31. The predicted molar refractivity (Wildman–Crippen MR) is 103 cm³/mol. The van der Waals surface area contributed by atoms with Gasteiger partial charge in [0.25, 0.3) is 0 Å². The van der Waals surface area contributed by atoms with Crippen molar-refractivity contribution in [3.05, 3.63) is 48.9 Å². The fourth-order valence-corrected chi connectivity index (χ4v) is 3.95. The number of anilines is 3. The quantitative estimate of drug-likeness (QED) is 0.534. The van der Waals surface area contributed by atoms with Crippen LogP contribution in [0.1, 0.15) is 20.8 Å². The van der Waals surface area contributed by atoms with Gasteiger partial charge in [0, 0.05) is 35.4 Å². The standard InChI is InChI=1S/C20H19N5O/c1-12(2)24-13(3)25(19-18(24)21-10-11-22-19)16-8-4-6-14-15-7-5-9-23-20(15)26-17(14)16/h4-13H,1-3H3. The summed E-state index contributed by atoms with van der Waals surface area (Å²) < 4.78 is 6.14. The van der Waals surface area contributed by atoms with Crippen LogP contribution >= 0.6 is 0 Å². The van der Waals surface area contributed by atoms with E-state index < -0.39 is 0 Å². The molecule has 130 valence electrons. The summed E-state index contributed by atoms with van der Waals surface area (Å²) in [6.07, 6.45) is 5.32. The molecule has 26 heavy (non-hydrogen) atoms. The first-order valence-corrected chi connectivity index (χ1v) is 8.81. The average molecular weight is 345 g/mol. The molecule has 4 heterocycles. The summed E-state index contributed by atoms with van der Waals surface area (Å²) in [7, 11) is 0. The summed E-state index contributed by atoms with van der Waals surface area (Å²) in [6.45, 7) is 6.51. The van der Waals surface area contributed by atoms with Crippen molar-refractivity contribution in [3.63, 3.8) is 0 Å². The van der Waals surface area contributed by atoms with Crippen LogP contribution in [0.4, 0.5) is 17.3 Å². The van der Waals surface area contributed by atoms with Crippen molar-refractivity contribution in [2.45, 2.75) is 33.0 Å². The molecule has 0 spiro atoms. The fourth-order valence-electron chi connectivity index (χ4n) is 3.95. The minimum atomic E-state index is 0.0826. The molecule has 4 aromatic rings. The lowest BCUT2D eigenvalue weighted by Crippen LogP contribution is -2.42. The Balaban J connectivity index is 1.78. The molecule has 1 unspecified atom stereocenters. The van der Waals surface area contributed by atoms with E-state index in [-0.39, 0.29) is 6.17 Å². The molecule has 0 bridgehead atoms. The first-order valence-electron chi connectivity index (χ1n) is 8.81. The molecule has 6 heteroatoms. The summed E-state index contributed by atoms with van der Waals surface area (Å²) in [6, 6.07) is 10.5. The van der Waals surface area contributed by atoms with Crippen molar-refractivity contribution < 1.29 is 4.42 Å². The van der Waals surface area contributed by atoms with E-state index in [1.165, 1.54) is 0 Å². The van der Waals surface area contributed by atoms with Crippen LogP contribution in [0.15, 0.2) is 53.3 Å². The molecule has 0 radical (unpaired) electrons. The molecule has 0 amide bonds. The maximum Gasteiger partial charge on any atom is 0.227 e. The van der Waals surface area contributed by atoms with Crippen LogP contribution in [0.3, 0.4) is 0 Å². The second kappa shape index (κ2) is 5.42. The Bertz CT molecular complexity index is 1120. The maximum absolute atomic E-state index is 6.14. The van der Waals surface area contributed by atoms with Crippen molar-refractivity contribution in [2.75, 3.05) is 9.80 Å². The number of hydrogen-bond donors (Lipinski definition) is 0. The molecule has 1 atom stereocenters. The van der Waals surface area contributed by atoms with Gasteiger partial charge in [-0.2, -0.15) is 0 Å². The first kappa shape index (κ1) is 15.1. The highest BCUT2D eigenvalue weighted by molar-refractivity contribution is 6.08. The van der Waals surface area contributed by atoms with Crippen molar-refractivity contribution >= 4 is 39.4 Å². The van der Waals surface area contributed by atoms with Gasteiger partial charge in [0.1, 0.15) is 6.17 Å². The Labute approximate surface area is 151 Å². The average Bonchev–Trinajstić information content (AvgIpc) is 3.16. The molecule has 6 nitrogen and oxygen atoms in total. The number of nitrogens with zero attached hydrogens (tertiary/aromatic N) is 5. The minimum Gasteiger partial charge on any atom is -0.436 e. The monoisotopic (exact) mass is 345 g/mol. The van der Waals surface area contributed by atoms with Gasteiger partial charge in [-0.15, -0.1) is 0 Å². The normalized spacial score (nSPS) is 16.8. The molecule has 0 fully saturated rings. The maximum atomic E-state index is 6.14. The second-order valence-electron chi connectivity index (χ2n) is 6.82. The summed E-state index contributed by atoms with van der Waals surface area (Å²) in [5.41, 5.74) is 2.47. The van der Waals surface area contributed by atoms with Crippen LogP contribution in [-0.4, -0.2) is 27.2 Å². The van der Waals surface area contributed by atoms with Gasteiger partial charge >= 0.3 is 0 Å². The molecule has 1 aromatic carbocycles. The Hall–Kier alpha value is -3.15. The Morgan fingerprint density at radius 3 is 2.50 bits per heavy atom. The first-order chi connectivity index (χ1) is 12.7. The van der Waals surface area contributed by atoms with Crippen LogP contribution < -0.4 is 9.80 Å². The van der Waals surface area contributed by atoms with Gasteiger partial charge < -0.3 is 9.32 Å². The lowest BCUT2D eigenvalue weighted by molar-refractivity contribution is 0.597. The van der Waals surface area contributed by atoms with Crippen LogP contribution in [0.5, 0.6) is 0 Å². The lowest BCUT2D eigenvalue weighted by atomic mass is 10.1. The fraction of sp³-hybridized carbons (Fsp3) is 0.250. The zero-order chi connectivity index (χ0) is 17.8. The SMILES string of the molecule is CC(C)N1c2nccnc2N(c2cccc3c2oc2ncccc23)C1C. The van der Waals surface area contributed by atoms with E-state index in [1.807, 2.05) is 12.1 Å². The van der Waals surface area contributed by atoms with Crippen molar-refractivity contribution in [3.8, 4) is 0 Å². The van der Waals surface area contributed by atoms with Gasteiger partial charge in [-0.25, -0.2) is 15.0 Å². The Kier molecular flexibility index (Phi) is 3.16. The highest BCUT2D eigenvalue weighted by Gasteiger charge is 2.38. The summed E-state index contributed by atoms with van der Waals surface area (Å²) in [5, 5.41) is 2.09. The molecule has 5 rings (SSSR count). The van der Waals surface area contributed by atoms with E-state index in [0.717, 1.165) is 33.7 Å². The van der Waals surface area contributed by atoms with Gasteiger partial charge in [0.2, 0.25) is 5.71 Å². The molecule has 0 saturated carbocycles. The predicted octanol–water partition coefficient (Wildman–Crippen LogP) is 4.48. The number of pyridine rings is 1. The summed E-state index contributed by atoms with van der Waals surface area (Å²) in [4.78, 5) is 18.1. The smallest absolute Gasteiger partial charge is 0.227 e. The van der Waals surface area contributed by atoms with Crippen molar-refractivity contribution in [1.82, 2.24) is 15.0 Å². The Morgan fingerprint density at radius 1 is 0.923 bits per heavy atom. The molecule has 1 aliphatic rings. The minimum absolute atomic E-state index is 0.0826. The van der Waals surface area contributed by atoms with Crippen molar-refractivity contribution in [1.29, 1.82) is 0 Å². The van der Waals surface area contributed by atoms with Gasteiger partial charge in [0.05, 0.1) is 5.69 Å². The van der Waals surface area contributed by atoms with Crippen LogP contribution in [-0.2, 0) is 0 Å². The van der Waals surface area contributed by atoms with Gasteiger partial charge in [0.15, 0.2) is 17.2 Å². The third kappa shape index (κ3) is 1.95. The van der Waals surface area contributed by atoms with E-state index in [4.69, 9.17) is 4.42 Å². The zero-order valence-corrected chi connectivity index (χ0v) is 14.9. The van der Waals surface area contributed by atoms with E-state index in [2.05, 4.69) is 63.7 Å². The molecular formula is C20H19N5O. The number of furan rings is 1. The van der Waals surface area contributed by atoms with Crippen LogP contribution in [0.2, 0.25) is 0 Å². The van der Waals surface area contributed by atoms with Gasteiger partial charge in [-0.05, 0) is 39.0 Å². The number of hydrogen-bond acceptors (Lipinski definition) is 6. The van der Waals surface area contributed by atoms with Crippen molar-refractivity contribution in [2.24, 2.45) is 0 Å². The van der Waals surface area contributed by atoms with E-state index in [0.29, 0.717) is 11.8 Å². The molecule has 0 saturated heterocycles. The number of benzene rings is 1. The molecule has 0 aliphatic carbocycles. The second-order valence-corrected chi connectivity index (χ2v) is 6.82. The van der Waals surface area contributed by atoms with Crippen LogP contribution in [0, 0.1) is 0 Å². The van der Waals surface area contributed by atoms with E-state index in [1.54, 1.807) is 18.6 Å². The van der Waals surface area contributed by atoms with E-state index >= 15 is 0 Å². The third-order valence-electron chi connectivity index (χ3n) is 4.98. The molecular weight excluding hydrogens is 326 g/mol. The molecule has 3 aromatic heterocycles. The molecule has 1 aliphatic heterocycles. The van der Waals surface area contributed by atoms with E-state index in [9.17, 15) is 0 Å². The number of aromatic nitrogens is 3. The number of para-hydroxylation sites is 1. The van der Waals surface area contributed by atoms with Crippen LogP contribution in [0.25, 0.3) is 22.1 Å². The molecule has 0 N–H and O–H groups in total. The van der Waals surface area contributed by atoms with Gasteiger partial charge in [-0.3, -0.25) is 4.90 Å². The highest BCUT2D eigenvalue weighted by atomic mass is 16.3. The summed E-state index contributed by atoms with van der Waals surface area (Å²) >= 11 is 0. The van der Waals surface area contributed by atoms with Gasteiger partial charge in [-0.1, -0.05) is 12.1 Å². The summed E-state index contributed by atoms with van der Waals surface area (Å²) in [5.74, 6) is 1.76.